The molecule has 0 aliphatic heterocycles. The van der Waals surface area contributed by atoms with E-state index in [1.807, 2.05) is 69.5 Å². The van der Waals surface area contributed by atoms with Crippen molar-refractivity contribution in [3.05, 3.63) is 97.1 Å². The summed E-state index contributed by atoms with van der Waals surface area (Å²) in [6.07, 6.45) is 1.25. The summed E-state index contributed by atoms with van der Waals surface area (Å²) in [5, 5.41) is 8.10. The minimum absolute atomic E-state index is 1.14. The maximum absolute atomic E-state index is 2.75. The SMILES string of the molecule is CC.CC.CC.CC.CCC.CCN(C)C.CNC.Cn1c2ccccc2c2ccccc21.Cn1c2ccccc2c2ccccc21. The Labute approximate surface area is 290 Å². The van der Waals surface area contributed by atoms with Gasteiger partial charge in [0.2, 0.25) is 0 Å². The topological polar surface area (TPSA) is 25.1 Å². The van der Waals surface area contributed by atoms with E-state index in [0.717, 1.165) is 6.54 Å². The van der Waals surface area contributed by atoms with Crippen molar-refractivity contribution in [3.63, 3.8) is 0 Å². The number of nitrogens with one attached hydrogen (secondary N) is 1. The Hall–Kier alpha value is -3.60. The van der Waals surface area contributed by atoms with Crippen molar-refractivity contribution in [2.75, 3.05) is 34.7 Å². The average Bonchev–Trinajstić information content (AvgIpc) is 3.60. The number of hydrogen-bond donors (Lipinski definition) is 1. The maximum Gasteiger partial charge on any atom is 0.0488 e. The van der Waals surface area contributed by atoms with Crippen LogP contribution in [0.5, 0.6) is 0 Å². The van der Waals surface area contributed by atoms with Gasteiger partial charge >= 0.3 is 0 Å². The zero-order valence-electron chi connectivity index (χ0n) is 33.5. The van der Waals surface area contributed by atoms with E-state index in [9.17, 15) is 0 Å². The Morgan fingerprint density at radius 3 is 0.745 bits per heavy atom. The van der Waals surface area contributed by atoms with Gasteiger partial charge in [-0.3, -0.25) is 0 Å². The van der Waals surface area contributed by atoms with Gasteiger partial charge in [-0.1, -0.05) is 155 Å². The zero-order chi connectivity index (χ0) is 36.8. The number of aromatic nitrogens is 2. The highest BCUT2D eigenvalue weighted by atomic mass is 15.0. The first-order valence-electron chi connectivity index (χ1n) is 17.9. The van der Waals surface area contributed by atoms with Crippen LogP contribution < -0.4 is 5.32 Å². The van der Waals surface area contributed by atoms with Gasteiger partial charge in [0.05, 0.1) is 0 Å². The normalized spacial score (nSPS) is 8.98. The highest BCUT2D eigenvalue weighted by molar-refractivity contribution is 6.08. The fourth-order valence-electron chi connectivity index (χ4n) is 4.24. The lowest BCUT2D eigenvalue weighted by molar-refractivity contribution is 0.434. The second kappa shape index (κ2) is 31.0. The van der Waals surface area contributed by atoms with Gasteiger partial charge in [0, 0.05) is 57.7 Å². The molecule has 2 aromatic heterocycles. The first kappa shape index (κ1) is 47.8. The molecule has 0 radical (unpaired) electrons. The molecule has 264 valence electrons. The average molecular weight is 645 g/mol. The van der Waals surface area contributed by atoms with Crippen molar-refractivity contribution in [2.45, 2.75) is 82.6 Å². The third-order valence-electron chi connectivity index (χ3n) is 6.27. The molecule has 4 heteroatoms. The van der Waals surface area contributed by atoms with E-state index in [1.165, 1.54) is 50.0 Å². The van der Waals surface area contributed by atoms with Gasteiger partial charge in [-0.2, -0.15) is 0 Å². The summed E-state index contributed by atoms with van der Waals surface area (Å²) >= 11 is 0. The lowest BCUT2D eigenvalue weighted by atomic mass is 10.2. The largest absolute Gasteiger partial charge is 0.344 e. The molecule has 4 nitrogen and oxygen atoms in total. The molecule has 0 aliphatic rings. The van der Waals surface area contributed by atoms with E-state index in [0.29, 0.717) is 0 Å². The summed E-state index contributed by atoms with van der Waals surface area (Å²) in [7, 11) is 12.1. The Kier molecular flexibility index (Phi) is 31.6. The number of fused-ring (bicyclic) bond motifs is 6. The van der Waals surface area contributed by atoms with Crippen molar-refractivity contribution in [1.82, 2.24) is 19.4 Å². The van der Waals surface area contributed by atoms with E-state index in [1.54, 1.807) is 0 Å². The summed E-state index contributed by atoms with van der Waals surface area (Å²) in [4.78, 5) is 2.12. The fourth-order valence-corrected chi connectivity index (χ4v) is 4.24. The zero-order valence-corrected chi connectivity index (χ0v) is 33.5. The summed E-state index contributed by atoms with van der Waals surface area (Å²) in [6, 6.07) is 34.1. The van der Waals surface area contributed by atoms with Crippen LogP contribution in [0.2, 0.25) is 0 Å². The summed E-state index contributed by atoms with van der Waals surface area (Å²) in [6.45, 7) is 23.5. The second-order valence-electron chi connectivity index (χ2n) is 9.79. The Bertz CT molecular complexity index is 1320. The van der Waals surface area contributed by atoms with Crippen LogP contribution in [0.25, 0.3) is 43.6 Å². The van der Waals surface area contributed by atoms with E-state index in [2.05, 4.69) is 165 Å². The number of rotatable bonds is 1. The molecule has 0 saturated heterocycles. The molecule has 4 aromatic carbocycles. The van der Waals surface area contributed by atoms with Crippen LogP contribution in [0.3, 0.4) is 0 Å². The number of aryl methyl sites for hydroxylation is 2. The quantitative estimate of drug-likeness (QED) is 0.193. The number of hydrogen-bond acceptors (Lipinski definition) is 2. The fraction of sp³-hybridized carbons (Fsp3) is 0.442. The van der Waals surface area contributed by atoms with E-state index >= 15 is 0 Å². The first-order chi connectivity index (χ1) is 22.9. The molecule has 6 aromatic rings. The smallest absolute Gasteiger partial charge is 0.0488 e. The molecule has 1 N–H and O–H groups in total. The molecule has 0 amide bonds. The van der Waals surface area contributed by atoms with Gasteiger partial charge in [0.15, 0.2) is 0 Å². The van der Waals surface area contributed by atoms with Crippen molar-refractivity contribution in [2.24, 2.45) is 14.1 Å². The first-order valence-corrected chi connectivity index (χ1v) is 17.9. The molecule has 2 heterocycles. The number of benzene rings is 4. The maximum atomic E-state index is 2.75. The monoisotopic (exact) mass is 645 g/mol. The van der Waals surface area contributed by atoms with E-state index < -0.39 is 0 Å². The van der Waals surface area contributed by atoms with Crippen LogP contribution >= 0.6 is 0 Å². The summed E-state index contributed by atoms with van der Waals surface area (Å²) in [5.41, 5.74) is 5.20. The highest BCUT2D eigenvalue weighted by Gasteiger charge is 2.06. The predicted molar refractivity (Wildman–Crippen MR) is 221 cm³/mol. The lowest BCUT2D eigenvalue weighted by Gasteiger charge is -2.00. The van der Waals surface area contributed by atoms with Crippen LogP contribution in [0.15, 0.2) is 97.1 Å². The van der Waals surface area contributed by atoms with Crippen molar-refractivity contribution in [1.29, 1.82) is 0 Å². The summed E-state index contributed by atoms with van der Waals surface area (Å²) < 4.78 is 4.48. The minimum Gasteiger partial charge on any atom is -0.344 e. The van der Waals surface area contributed by atoms with Gasteiger partial charge in [-0.05, 0) is 59.0 Å². The van der Waals surface area contributed by atoms with Gasteiger partial charge < -0.3 is 19.4 Å². The Balaban J connectivity index is -0.000000548. The Morgan fingerprint density at radius 1 is 0.447 bits per heavy atom. The lowest BCUT2D eigenvalue weighted by Crippen LogP contribution is -2.08. The van der Waals surface area contributed by atoms with E-state index in [4.69, 9.17) is 0 Å². The molecule has 6 rings (SSSR count). The number of para-hydroxylation sites is 4. The standard InChI is InChI=1S/2C13H11N.C4H11N.C3H8.C2H7N.4C2H6/c2*1-14-12-8-4-2-6-10(12)11-7-3-5-9-13(11)14;1-4-5(2)3;2*1-3-2;4*1-2/h2*2-9H,1H3;4H2,1-3H3;3H2,1-2H3;3H,1-2H3;4*1-2H3. The van der Waals surface area contributed by atoms with Gasteiger partial charge in [0.1, 0.15) is 0 Å². The van der Waals surface area contributed by atoms with Gasteiger partial charge in [0.25, 0.3) is 0 Å². The van der Waals surface area contributed by atoms with E-state index in [-0.39, 0.29) is 0 Å². The molecule has 0 atom stereocenters. The minimum atomic E-state index is 1.14. The van der Waals surface area contributed by atoms with Gasteiger partial charge in [-0.15, -0.1) is 0 Å². The van der Waals surface area contributed by atoms with Crippen molar-refractivity contribution >= 4 is 43.6 Å². The van der Waals surface area contributed by atoms with Crippen LogP contribution in [-0.4, -0.2) is 48.8 Å². The molecule has 47 heavy (non-hydrogen) atoms. The van der Waals surface area contributed by atoms with Crippen LogP contribution in [0.1, 0.15) is 82.6 Å². The van der Waals surface area contributed by atoms with Crippen molar-refractivity contribution in [3.8, 4) is 0 Å². The molecule has 0 aliphatic carbocycles. The third-order valence-corrected chi connectivity index (χ3v) is 6.27. The third kappa shape index (κ3) is 15.7. The molecule has 0 saturated carbocycles. The van der Waals surface area contributed by atoms with Crippen LogP contribution in [0, 0.1) is 0 Å². The highest BCUT2D eigenvalue weighted by Crippen LogP contribution is 2.28. The molecular weight excluding hydrogens is 573 g/mol. The number of nitrogens with zero attached hydrogens (tertiary/aromatic N) is 3. The Morgan fingerprint density at radius 2 is 0.596 bits per heavy atom. The second-order valence-corrected chi connectivity index (χ2v) is 9.79. The molecular formula is C43H72N4. The van der Waals surface area contributed by atoms with Gasteiger partial charge in [-0.25, -0.2) is 0 Å². The molecule has 0 unspecified atom stereocenters. The molecule has 0 fully saturated rings. The molecule has 0 spiro atoms. The van der Waals surface area contributed by atoms with Crippen LogP contribution in [0.4, 0.5) is 0 Å². The van der Waals surface area contributed by atoms with Crippen molar-refractivity contribution < 1.29 is 0 Å². The predicted octanol–water partition coefficient (Wildman–Crippen LogP) is 12.6. The van der Waals surface area contributed by atoms with Crippen LogP contribution in [-0.2, 0) is 14.1 Å². The summed E-state index contributed by atoms with van der Waals surface area (Å²) in [5.74, 6) is 0. The molecule has 0 bridgehead atoms.